The molecule has 0 bridgehead atoms. The molecule has 0 radical (unpaired) electrons. The fourth-order valence-electron chi connectivity index (χ4n) is 1.45. The van der Waals surface area contributed by atoms with E-state index in [1.807, 2.05) is 12.1 Å². The smallest absolute Gasteiger partial charge is 0.165 e. The van der Waals surface area contributed by atoms with Gasteiger partial charge >= 0.3 is 0 Å². The summed E-state index contributed by atoms with van der Waals surface area (Å²) in [5, 5.41) is 20.2. The average Bonchev–Trinajstić information content (AvgIpc) is 2.43. The molecule has 1 heterocycles. The molecular weight excluding hydrogens is 245 g/mol. The number of halogens is 1. The number of nitriles is 2. The highest BCUT2D eigenvalue weighted by molar-refractivity contribution is 5.62. The van der Waals surface area contributed by atoms with Gasteiger partial charge in [-0.25, -0.2) is 9.37 Å². The minimum Gasteiger partial charge on any atom is -0.396 e. The maximum atomic E-state index is 13.7. The lowest BCUT2D eigenvalue weighted by atomic mass is 10.2. The Morgan fingerprint density at radius 3 is 2.58 bits per heavy atom. The van der Waals surface area contributed by atoms with Crippen LogP contribution in [-0.4, -0.2) is 4.98 Å². The normalized spacial score (nSPS) is 9.42. The highest BCUT2D eigenvalue weighted by atomic mass is 19.1. The maximum Gasteiger partial charge on any atom is 0.165 e. The van der Waals surface area contributed by atoms with Gasteiger partial charge in [0.05, 0.1) is 23.0 Å². The summed E-state index contributed by atoms with van der Waals surface area (Å²) in [6.07, 6.45) is 0. The van der Waals surface area contributed by atoms with E-state index in [0.717, 1.165) is 6.07 Å². The Balaban J connectivity index is 2.32. The first-order valence-electron chi connectivity index (χ1n) is 5.27. The number of hydrogen-bond acceptors (Lipinski definition) is 5. The van der Waals surface area contributed by atoms with E-state index in [0.29, 0.717) is 5.82 Å². The predicted octanol–water partition coefficient (Wildman–Crippen LogP) is 2.29. The lowest BCUT2D eigenvalue weighted by Gasteiger charge is -2.07. The van der Waals surface area contributed by atoms with Gasteiger partial charge in [-0.3, -0.25) is 0 Å². The molecule has 2 rings (SSSR count). The first kappa shape index (κ1) is 12.3. The van der Waals surface area contributed by atoms with Crippen LogP contribution in [0.3, 0.4) is 0 Å². The van der Waals surface area contributed by atoms with Crippen LogP contribution in [0.15, 0.2) is 30.3 Å². The van der Waals surface area contributed by atoms with Crippen molar-refractivity contribution in [3.8, 4) is 12.1 Å². The van der Waals surface area contributed by atoms with Crippen LogP contribution in [0.4, 0.5) is 21.6 Å². The Bertz CT molecular complexity index is 712. The number of anilines is 3. The fourth-order valence-corrected chi connectivity index (χ4v) is 1.45. The number of nitrogens with two attached hydrogens (primary N) is 1. The molecule has 6 heteroatoms. The zero-order chi connectivity index (χ0) is 13.8. The van der Waals surface area contributed by atoms with Crippen LogP contribution < -0.4 is 11.1 Å². The second-order valence-corrected chi connectivity index (χ2v) is 3.68. The molecule has 0 saturated heterocycles. The monoisotopic (exact) mass is 253 g/mol. The number of rotatable bonds is 2. The van der Waals surface area contributed by atoms with Gasteiger partial charge in [0, 0.05) is 0 Å². The van der Waals surface area contributed by atoms with E-state index in [4.69, 9.17) is 16.3 Å². The van der Waals surface area contributed by atoms with Crippen LogP contribution in [0, 0.1) is 28.5 Å². The Hall–Kier alpha value is -3.12. The van der Waals surface area contributed by atoms with Crippen LogP contribution >= 0.6 is 0 Å². The lowest BCUT2D eigenvalue weighted by molar-refractivity contribution is 0.631. The number of nitrogen functional groups attached to an aromatic ring is 1. The molecule has 5 nitrogen and oxygen atoms in total. The van der Waals surface area contributed by atoms with Crippen molar-refractivity contribution in [1.29, 1.82) is 10.5 Å². The molecule has 1 aromatic carbocycles. The molecule has 1 aromatic heterocycles. The van der Waals surface area contributed by atoms with Gasteiger partial charge in [-0.05, 0) is 30.3 Å². The van der Waals surface area contributed by atoms with E-state index in [2.05, 4.69) is 10.3 Å². The summed E-state index contributed by atoms with van der Waals surface area (Å²) < 4.78 is 13.7. The largest absolute Gasteiger partial charge is 0.396 e. The van der Waals surface area contributed by atoms with Crippen LogP contribution in [-0.2, 0) is 0 Å². The molecule has 0 atom stereocenters. The standard InChI is InChI=1S/C13H8FN5/c14-9-5-8(6-15)1-3-11(9)18-13-4-2-10(17)12(7-16)19-13/h1-5H,17H2,(H,18,19). The molecule has 0 unspecified atom stereocenters. The van der Waals surface area contributed by atoms with Crippen molar-refractivity contribution in [2.75, 3.05) is 11.1 Å². The van der Waals surface area contributed by atoms with Crippen LogP contribution in [0.2, 0.25) is 0 Å². The molecule has 0 saturated carbocycles. The van der Waals surface area contributed by atoms with E-state index < -0.39 is 5.82 Å². The molecule has 2 aromatic rings. The lowest BCUT2D eigenvalue weighted by Crippen LogP contribution is -2.00. The van der Waals surface area contributed by atoms with Crippen LogP contribution in [0.1, 0.15) is 11.3 Å². The van der Waals surface area contributed by atoms with Crippen molar-refractivity contribution in [2.45, 2.75) is 0 Å². The quantitative estimate of drug-likeness (QED) is 0.855. The summed E-state index contributed by atoms with van der Waals surface area (Å²) in [4.78, 5) is 3.94. The molecule has 3 N–H and O–H groups in total. The average molecular weight is 253 g/mol. The van der Waals surface area contributed by atoms with E-state index in [1.54, 1.807) is 0 Å². The Kier molecular flexibility index (Phi) is 3.26. The Labute approximate surface area is 108 Å². The van der Waals surface area contributed by atoms with Crippen LogP contribution in [0.25, 0.3) is 0 Å². The van der Waals surface area contributed by atoms with Gasteiger partial charge in [-0.2, -0.15) is 10.5 Å². The number of benzene rings is 1. The predicted molar refractivity (Wildman–Crippen MR) is 67.8 cm³/mol. The van der Waals surface area contributed by atoms with Gasteiger partial charge in [0.2, 0.25) is 0 Å². The second-order valence-electron chi connectivity index (χ2n) is 3.68. The minimum atomic E-state index is -0.573. The first-order chi connectivity index (χ1) is 9.13. The van der Waals surface area contributed by atoms with E-state index in [9.17, 15) is 4.39 Å². The third-order valence-electron chi connectivity index (χ3n) is 2.39. The summed E-state index contributed by atoms with van der Waals surface area (Å²) in [5.74, 6) is -0.273. The molecular formula is C13H8FN5. The second kappa shape index (κ2) is 5.03. The van der Waals surface area contributed by atoms with Crippen molar-refractivity contribution < 1.29 is 4.39 Å². The SMILES string of the molecule is N#Cc1ccc(Nc2ccc(N)c(C#N)n2)c(F)c1. The van der Waals surface area contributed by atoms with Crippen molar-refractivity contribution in [3.63, 3.8) is 0 Å². The summed E-state index contributed by atoms with van der Waals surface area (Å²) in [6.45, 7) is 0. The van der Waals surface area contributed by atoms with Gasteiger partial charge in [-0.15, -0.1) is 0 Å². The maximum absolute atomic E-state index is 13.7. The van der Waals surface area contributed by atoms with E-state index in [1.165, 1.54) is 24.3 Å². The molecule has 0 aliphatic carbocycles. The molecule has 0 spiro atoms. The highest BCUT2D eigenvalue weighted by Gasteiger charge is 2.06. The van der Waals surface area contributed by atoms with Crippen molar-refractivity contribution in [2.24, 2.45) is 0 Å². The zero-order valence-electron chi connectivity index (χ0n) is 9.68. The third kappa shape index (κ3) is 2.59. The summed E-state index contributed by atoms with van der Waals surface area (Å²) in [6, 6.07) is 10.8. The van der Waals surface area contributed by atoms with E-state index in [-0.39, 0.29) is 22.6 Å². The van der Waals surface area contributed by atoms with Gasteiger partial charge in [-0.1, -0.05) is 0 Å². The van der Waals surface area contributed by atoms with Crippen molar-refractivity contribution in [3.05, 3.63) is 47.4 Å². The molecule has 0 aliphatic heterocycles. The molecule has 0 aliphatic rings. The summed E-state index contributed by atoms with van der Waals surface area (Å²) >= 11 is 0. The number of pyridine rings is 1. The first-order valence-corrected chi connectivity index (χ1v) is 5.27. The zero-order valence-corrected chi connectivity index (χ0v) is 9.68. The highest BCUT2D eigenvalue weighted by Crippen LogP contribution is 2.21. The topological polar surface area (TPSA) is 98.5 Å². The molecule has 19 heavy (non-hydrogen) atoms. The number of aromatic nitrogens is 1. The van der Waals surface area contributed by atoms with Crippen LogP contribution in [0.5, 0.6) is 0 Å². The number of nitrogens with zero attached hydrogens (tertiary/aromatic N) is 3. The molecule has 0 amide bonds. The minimum absolute atomic E-state index is 0.0686. The molecule has 92 valence electrons. The fraction of sp³-hybridized carbons (Fsp3) is 0. The molecule has 0 fully saturated rings. The van der Waals surface area contributed by atoms with Crippen molar-refractivity contribution in [1.82, 2.24) is 4.98 Å². The Morgan fingerprint density at radius 1 is 1.16 bits per heavy atom. The summed E-state index contributed by atoms with van der Waals surface area (Å²) in [5.41, 5.74) is 6.26. The number of hydrogen-bond donors (Lipinski definition) is 2. The Morgan fingerprint density at radius 2 is 1.95 bits per heavy atom. The van der Waals surface area contributed by atoms with E-state index >= 15 is 0 Å². The van der Waals surface area contributed by atoms with Gasteiger partial charge in [0.15, 0.2) is 5.69 Å². The van der Waals surface area contributed by atoms with Gasteiger partial charge in [0.1, 0.15) is 17.7 Å². The van der Waals surface area contributed by atoms with Gasteiger partial charge < -0.3 is 11.1 Å². The third-order valence-corrected chi connectivity index (χ3v) is 2.39. The van der Waals surface area contributed by atoms with Gasteiger partial charge in [0.25, 0.3) is 0 Å². The summed E-state index contributed by atoms with van der Waals surface area (Å²) in [7, 11) is 0. The number of nitrogens with one attached hydrogen (secondary N) is 1. The van der Waals surface area contributed by atoms with Crippen molar-refractivity contribution >= 4 is 17.2 Å².